The van der Waals surface area contributed by atoms with Crippen molar-refractivity contribution >= 4 is 5.97 Å². The van der Waals surface area contributed by atoms with E-state index in [1.807, 2.05) is 33.8 Å². The second-order valence-electron chi connectivity index (χ2n) is 8.14. The minimum absolute atomic E-state index is 0.0348. The maximum Gasteiger partial charge on any atom is 0.339 e. The maximum atomic E-state index is 11.9. The van der Waals surface area contributed by atoms with Crippen molar-refractivity contribution in [2.75, 3.05) is 0 Å². The average molecular weight is 403 g/mol. The molecule has 0 bridgehead atoms. The van der Waals surface area contributed by atoms with Crippen LogP contribution in [0.4, 0.5) is 0 Å². The summed E-state index contributed by atoms with van der Waals surface area (Å²) < 4.78 is 0. The lowest BCUT2D eigenvalue weighted by molar-refractivity contribution is 0.0692. The van der Waals surface area contributed by atoms with E-state index in [9.17, 15) is 20.1 Å². The number of aromatic hydroxyl groups is 2. The summed E-state index contributed by atoms with van der Waals surface area (Å²) in [6.07, 6.45) is 7.13. The molecule has 0 spiro atoms. The molecule has 0 saturated carbocycles. The van der Waals surface area contributed by atoms with Gasteiger partial charge in [0.15, 0.2) is 0 Å². The van der Waals surface area contributed by atoms with Crippen LogP contribution < -0.4 is 0 Å². The third kappa shape index (κ3) is 5.23. The van der Waals surface area contributed by atoms with Crippen LogP contribution in [0.1, 0.15) is 101 Å². The van der Waals surface area contributed by atoms with Crippen LogP contribution in [0, 0.1) is 5.41 Å². The summed E-state index contributed by atoms with van der Waals surface area (Å²) in [5.74, 6) is -1.81. The summed E-state index contributed by atoms with van der Waals surface area (Å²) in [5.41, 5.74) is 2.48. The number of aromatic carboxylic acids is 1. The van der Waals surface area contributed by atoms with Gasteiger partial charge in [-0.2, -0.15) is 0 Å². The van der Waals surface area contributed by atoms with Crippen molar-refractivity contribution in [1.82, 2.24) is 0 Å². The summed E-state index contributed by atoms with van der Waals surface area (Å²) in [7, 11) is 0. The van der Waals surface area contributed by atoms with E-state index in [1.54, 1.807) is 0 Å². The second-order valence-corrected chi connectivity index (χ2v) is 8.14. The topological polar surface area (TPSA) is 77.8 Å². The molecule has 0 amide bonds. The molecule has 1 aromatic carbocycles. The molecule has 4 nitrogen and oxygen atoms in total. The quantitative estimate of drug-likeness (QED) is 0.340. The van der Waals surface area contributed by atoms with Crippen LogP contribution in [0.2, 0.25) is 0 Å². The van der Waals surface area contributed by atoms with Gasteiger partial charge < -0.3 is 15.3 Å². The van der Waals surface area contributed by atoms with Crippen molar-refractivity contribution in [3.05, 3.63) is 46.6 Å². The standard InChI is InChI=1S/C23H32O4.C2H6/c1-6-7-8-9-16-13-18(24)20(21(25)19(16)22(26)27)17-12-15(4)10-11-23(17,5)14(2)3;1-2/h12-13,17,24-25H,2,6-11H2,1,3-5H3,(H,26,27);1-2H3. The number of hydrogen-bond acceptors (Lipinski definition) is 3. The van der Waals surface area contributed by atoms with Gasteiger partial charge >= 0.3 is 5.97 Å². The summed E-state index contributed by atoms with van der Waals surface area (Å²) in [6, 6.07) is 1.53. The zero-order chi connectivity index (χ0) is 22.4. The van der Waals surface area contributed by atoms with Crippen molar-refractivity contribution < 1.29 is 20.1 Å². The Labute approximate surface area is 176 Å². The van der Waals surface area contributed by atoms with Gasteiger partial charge in [0.1, 0.15) is 17.1 Å². The fourth-order valence-electron chi connectivity index (χ4n) is 4.08. The Bertz CT molecular complexity index is 776. The molecule has 3 N–H and O–H groups in total. The minimum Gasteiger partial charge on any atom is -0.507 e. The number of rotatable bonds is 7. The van der Waals surface area contributed by atoms with Crippen LogP contribution >= 0.6 is 0 Å². The molecule has 2 rings (SSSR count). The van der Waals surface area contributed by atoms with E-state index >= 15 is 0 Å². The molecule has 29 heavy (non-hydrogen) atoms. The lowest BCUT2D eigenvalue weighted by atomic mass is 9.62. The normalized spacial score (nSPS) is 21.0. The SMILES string of the molecule is C=C(C)C1(C)CCC(C)=CC1c1c(O)cc(CCCCC)c(C(=O)O)c1O.CC. The molecule has 162 valence electrons. The van der Waals surface area contributed by atoms with Crippen LogP contribution in [-0.2, 0) is 6.42 Å². The summed E-state index contributed by atoms with van der Waals surface area (Å²) in [5, 5.41) is 31.4. The zero-order valence-electron chi connectivity index (χ0n) is 18.9. The molecular weight excluding hydrogens is 364 g/mol. The number of aryl methyl sites for hydroxylation is 1. The number of carboxylic acid groups (broad SMARTS) is 1. The monoisotopic (exact) mass is 402 g/mol. The van der Waals surface area contributed by atoms with Crippen LogP contribution in [0.3, 0.4) is 0 Å². The number of carbonyl (C=O) groups is 1. The van der Waals surface area contributed by atoms with Gasteiger partial charge in [-0.05, 0) is 56.6 Å². The molecule has 0 aromatic heterocycles. The Balaban J connectivity index is 0.00000204. The maximum absolute atomic E-state index is 11.9. The van der Waals surface area contributed by atoms with Crippen LogP contribution in [0.25, 0.3) is 0 Å². The van der Waals surface area contributed by atoms with E-state index in [0.29, 0.717) is 17.5 Å². The Kier molecular flexibility index (Phi) is 9.00. The van der Waals surface area contributed by atoms with Crippen molar-refractivity contribution in [3.8, 4) is 11.5 Å². The first kappa shape index (κ1) is 24.8. The molecule has 0 saturated heterocycles. The van der Waals surface area contributed by atoms with E-state index in [1.165, 1.54) is 11.6 Å². The number of carboxylic acids is 1. The van der Waals surface area contributed by atoms with Gasteiger partial charge in [-0.3, -0.25) is 0 Å². The Hall–Kier alpha value is -2.23. The predicted octanol–water partition coefficient (Wildman–Crippen LogP) is 6.96. The van der Waals surface area contributed by atoms with E-state index in [-0.39, 0.29) is 28.4 Å². The third-order valence-electron chi connectivity index (χ3n) is 6.13. The molecule has 2 atom stereocenters. The van der Waals surface area contributed by atoms with Crippen LogP contribution in [0.15, 0.2) is 29.9 Å². The van der Waals surface area contributed by atoms with Crippen molar-refractivity contribution in [2.45, 2.75) is 86.0 Å². The van der Waals surface area contributed by atoms with E-state index in [4.69, 9.17) is 0 Å². The molecule has 0 radical (unpaired) electrons. The average Bonchev–Trinajstić information content (AvgIpc) is 2.65. The number of allylic oxidation sites excluding steroid dienone is 3. The predicted molar refractivity (Wildman–Crippen MR) is 120 cm³/mol. The number of benzene rings is 1. The number of unbranched alkanes of at least 4 members (excludes halogenated alkanes) is 2. The van der Waals surface area contributed by atoms with Gasteiger partial charge in [-0.25, -0.2) is 4.79 Å². The van der Waals surface area contributed by atoms with Gasteiger partial charge in [0.25, 0.3) is 0 Å². The fraction of sp³-hybridized carbons (Fsp3) is 0.560. The molecule has 0 aliphatic heterocycles. The molecule has 2 unspecified atom stereocenters. The van der Waals surface area contributed by atoms with Crippen LogP contribution in [0.5, 0.6) is 11.5 Å². The van der Waals surface area contributed by atoms with E-state index in [2.05, 4.69) is 20.4 Å². The number of phenols is 2. The van der Waals surface area contributed by atoms with Crippen molar-refractivity contribution in [2.24, 2.45) is 5.41 Å². The summed E-state index contributed by atoms with van der Waals surface area (Å²) in [4.78, 5) is 11.9. The second kappa shape index (κ2) is 10.5. The Morgan fingerprint density at radius 3 is 2.41 bits per heavy atom. The first-order valence-corrected chi connectivity index (χ1v) is 10.8. The molecule has 1 aliphatic carbocycles. The highest BCUT2D eigenvalue weighted by Gasteiger charge is 2.41. The van der Waals surface area contributed by atoms with Gasteiger partial charge in [0, 0.05) is 11.5 Å². The smallest absolute Gasteiger partial charge is 0.339 e. The summed E-state index contributed by atoms with van der Waals surface area (Å²) >= 11 is 0. The van der Waals surface area contributed by atoms with E-state index in [0.717, 1.165) is 37.7 Å². The molecule has 0 heterocycles. The lowest BCUT2D eigenvalue weighted by Crippen LogP contribution is -2.29. The lowest BCUT2D eigenvalue weighted by Gasteiger charge is -2.41. The van der Waals surface area contributed by atoms with Gasteiger partial charge in [0.05, 0.1) is 0 Å². The highest BCUT2D eigenvalue weighted by molar-refractivity contribution is 5.94. The molecule has 1 aromatic rings. The van der Waals surface area contributed by atoms with E-state index < -0.39 is 5.97 Å². The van der Waals surface area contributed by atoms with Gasteiger partial charge in [-0.1, -0.05) is 64.3 Å². The Morgan fingerprint density at radius 2 is 1.90 bits per heavy atom. The third-order valence-corrected chi connectivity index (χ3v) is 6.13. The molecule has 1 aliphatic rings. The highest BCUT2D eigenvalue weighted by atomic mass is 16.4. The highest BCUT2D eigenvalue weighted by Crippen LogP contribution is 2.54. The molecule has 0 fully saturated rings. The number of hydrogen-bond donors (Lipinski definition) is 3. The largest absolute Gasteiger partial charge is 0.507 e. The van der Waals surface area contributed by atoms with Crippen molar-refractivity contribution in [3.63, 3.8) is 0 Å². The molecule has 4 heteroatoms. The fourth-order valence-corrected chi connectivity index (χ4v) is 4.08. The Morgan fingerprint density at radius 1 is 1.28 bits per heavy atom. The first-order valence-electron chi connectivity index (χ1n) is 10.8. The summed E-state index contributed by atoms with van der Waals surface area (Å²) in [6.45, 7) is 16.2. The minimum atomic E-state index is -1.16. The van der Waals surface area contributed by atoms with Gasteiger partial charge in [-0.15, -0.1) is 0 Å². The van der Waals surface area contributed by atoms with Gasteiger partial charge in [0.2, 0.25) is 0 Å². The van der Waals surface area contributed by atoms with Crippen LogP contribution in [-0.4, -0.2) is 21.3 Å². The zero-order valence-corrected chi connectivity index (χ0v) is 18.9. The molecular formula is C25H38O4. The first-order chi connectivity index (χ1) is 13.6. The number of phenolic OH excluding ortho intramolecular Hbond substituents is 1. The van der Waals surface area contributed by atoms with Crippen molar-refractivity contribution in [1.29, 1.82) is 0 Å².